The maximum Gasteiger partial charge on any atom is 0.219 e. The largest absolute Gasteiger partial charge is 0.356 e. The van der Waals surface area contributed by atoms with Gasteiger partial charge in [-0.1, -0.05) is 29.5 Å². The first-order chi connectivity index (χ1) is 4.81. The number of carbonyl (C=O) groups is 1. The lowest BCUT2D eigenvalue weighted by atomic mass is 10.3. The second-order valence-corrected chi connectivity index (χ2v) is 3.18. The quantitative estimate of drug-likeness (QED) is 0.452. The Morgan fingerprint density at radius 1 is 1.50 bits per heavy atom. The molecule has 0 atom stereocenters. The third-order valence-corrected chi connectivity index (χ3v) is 1.97. The van der Waals surface area contributed by atoms with Crippen LogP contribution in [0.3, 0.4) is 0 Å². The van der Waals surface area contributed by atoms with Gasteiger partial charge < -0.3 is 5.32 Å². The van der Waals surface area contributed by atoms with Gasteiger partial charge in [-0.2, -0.15) is 0 Å². The molecule has 0 rings (SSSR count). The SMILES string of the molecule is CCC(=O)NCCCCI. The van der Waals surface area contributed by atoms with Gasteiger partial charge in [0, 0.05) is 13.0 Å². The normalized spacial score (nSPS) is 9.40. The number of alkyl halides is 1. The van der Waals surface area contributed by atoms with Crippen LogP contribution in [0.2, 0.25) is 0 Å². The van der Waals surface area contributed by atoms with Crippen LogP contribution in [0.5, 0.6) is 0 Å². The van der Waals surface area contributed by atoms with Crippen LogP contribution in [-0.2, 0) is 4.79 Å². The van der Waals surface area contributed by atoms with E-state index in [1.54, 1.807) is 0 Å². The fourth-order valence-corrected chi connectivity index (χ4v) is 1.11. The Morgan fingerprint density at radius 3 is 2.70 bits per heavy atom. The summed E-state index contributed by atoms with van der Waals surface area (Å²) in [5.41, 5.74) is 0. The predicted molar refractivity (Wildman–Crippen MR) is 51.4 cm³/mol. The first-order valence-electron chi connectivity index (χ1n) is 3.64. The zero-order chi connectivity index (χ0) is 7.82. The van der Waals surface area contributed by atoms with E-state index in [2.05, 4.69) is 27.9 Å². The van der Waals surface area contributed by atoms with E-state index in [1.165, 1.54) is 10.8 Å². The van der Waals surface area contributed by atoms with Gasteiger partial charge >= 0.3 is 0 Å². The number of halogens is 1. The van der Waals surface area contributed by atoms with Crippen molar-refractivity contribution in [2.45, 2.75) is 26.2 Å². The highest BCUT2D eigenvalue weighted by Gasteiger charge is 1.93. The number of amides is 1. The van der Waals surface area contributed by atoms with Crippen molar-refractivity contribution in [1.29, 1.82) is 0 Å². The predicted octanol–water partition coefficient (Wildman–Crippen LogP) is 1.73. The lowest BCUT2D eigenvalue weighted by Gasteiger charge is -2.00. The van der Waals surface area contributed by atoms with E-state index < -0.39 is 0 Å². The average Bonchev–Trinajstić information content (AvgIpc) is 1.98. The van der Waals surface area contributed by atoms with Gasteiger partial charge in [-0.05, 0) is 17.3 Å². The topological polar surface area (TPSA) is 29.1 Å². The molecule has 0 aromatic carbocycles. The highest BCUT2D eigenvalue weighted by Crippen LogP contribution is 1.92. The molecule has 0 aliphatic heterocycles. The van der Waals surface area contributed by atoms with Crippen LogP contribution in [0.4, 0.5) is 0 Å². The standard InChI is InChI=1S/C7H14INO/c1-2-7(10)9-6-4-3-5-8/h2-6H2,1H3,(H,9,10). The highest BCUT2D eigenvalue weighted by atomic mass is 127. The summed E-state index contributed by atoms with van der Waals surface area (Å²) in [7, 11) is 0. The molecule has 0 unspecified atom stereocenters. The average molecular weight is 255 g/mol. The van der Waals surface area contributed by atoms with Crippen molar-refractivity contribution in [3.63, 3.8) is 0 Å². The maximum absolute atomic E-state index is 10.7. The molecular formula is C7H14INO. The molecular weight excluding hydrogens is 241 g/mol. The van der Waals surface area contributed by atoms with Crippen molar-refractivity contribution in [3.8, 4) is 0 Å². The molecule has 0 saturated carbocycles. The van der Waals surface area contributed by atoms with E-state index in [4.69, 9.17) is 0 Å². The molecule has 0 bridgehead atoms. The Hall–Kier alpha value is 0.200. The van der Waals surface area contributed by atoms with Gasteiger partial charge in [0.2, 0.25) is 5.91 Å². The van der Waals surface area contributed by atoms with E-state index in [1.807, 2.05) is 6.92 Å². The molecule has 60 valence electrons. The van der Waals surface area contributed by atoms with Crippen molar-refractivity contribution in [2.75, 3.05) is 11.0 Å². The van der Waals surface area contributed by atoms with Gasteiger partial charge in [0.25, 0.3) is 0 Å². The molecule has 1 amide bonds. The lowest BCUT2D eigenvalue weighted by molar-refractivity contribution is -0.120. The van der Waals surface area contributed by atoms with Crippen LogP contribution < -0.4 is 5.32 Å². The second kappa shape index (κ2) is 7.31. The third-order valence-electron chi connectivity index (χ3n) is 1.20. The summed E-state index contributed by atoms with van der Waals surface area (Å²) in [4.78, 5) is 10.7. The first kappa shape index (κ1) is 10.2. The van der Waals surface area contributed by atoms with E-state index in [0.717, 1.165) is 13.0 Å². The van der Waals surface area contributed by atoms with Crippen molar-refractivity contribution in [3.05, 3.63) is 0 Å². The minimum absolute atomic E-state index is 0.161. The molecule has 0 aliphatic carbocycles. The smallest absolute Gasteiger partial charge is 0.219 e. The summed E-state index contributed by atoms with van der Waals surface area (Å²) in [5.74, 6) is 0.161. The molecule has 2 nitrogen and oxygen atoms in total. The lowest BCUT2D eigenvalue weighted by Crippen LogP contribution is -2.23. The van der Waals surface area contributed by atoms with Crippen LogP contribution >= 0.6 is 22.6 Å². The van der Waals surface area contributed by atoms with Crippen molar-refractivity contribution < 1.29 is 4.79 Å². The molecule has 0 radical (unpaired) electrons. The fourth-order valence-electron chi connectivity index (χ4n) is 0.572. The molecule has 10 heavy (non-hydrogen) atoms. The van der Waals surface area contributed by atoms with E-state index in [9.17, 15) is 4.79 Å². The van der Waals surface area contributed by atoms with Crippen LogP contribution in [0.25, 0.3) is 0 Å². The number of nitrogens with one attached hydrogen (secondary N) is 1. The molecule has 0 aliphatic rings. The summed E-state index contributed by atoms with van der Waals surface area (Å²) >= 11 is 2.34. The van der Waals surface area contributed by atoms with Crippen molar-refractivity contribution in [1.82, 2.24) is 5.32 Å². The monoisotopic (exact) mass is 255 g/mol. The zero-order valence-electron chi connectivity index (χ0n) is 6.32. The fraction of sp³-hybridized carbons (Fsp3) is 0.857. The Labute approximate surface area is 75.9 Å². The van der Waals surface area contributed by atoms with E-state index in [0.29, 0.717) is 6.42 Å². The van der Waals surface area contributed by atoms with Crippen LogP contribution in [0.15, 0.2) is 0 Å². The third kappa shape index (κ3) is 6.32. The number of rotatable bonds is 5. The first-order valence-corrected chi connectivity index (χ1v) is 5.16. The minimum Gasteiger partial charge on any atom is -0.356 e. The summed E-state index contributed by atoms with van der Waals surface area (Å²) in [6.07, 6.45) is 2.91. The van der Waals surface area contributed by atoms with Gasteiger partial charge in [0.15, 0.2) is 0 Å². The summed E-state index contributed by atoms with van der Waals surface area (Å²) in [5, 5.41) is 2.82. The maximum atomic E-state index is 10.7. The number of hydrogen-bond donors (Lipinski definition) is 1. The molecule has 0 aromatic rings. The Bertz CT molecular complexity index is 95.6. The zero-order valence-corrected chi connectivity index (χ0v) is 8.48. The van der Waals surface area contributed by atoms with Gasteiger partial charge in [0.05, 0.1) is 0 Å². The number of unbranched alkanes of at least 4 members (excludes halogenated alkanes) is 1. The van der Waals surface area contributed by atoms with E-state index >= 15 is 0 Å². The Balaban J connectivity index is 2.96. The molecule has 3 heteroatoms. The summed E-state index contributed by atoms with van der Waals surface area (Å²) < 4.78 is 1.18. The molecule has 0 fully saturated rings. The van der Waals surface area contributed by atoms with Crippen molar-refractivity contribution >= 4 is 28.5 Å². The van der Waals surface area contributed by atoms with Gasteiger partial charge in [-0.3, -0.25) is 4.79 Å². The summed E-state index contributed by atoms with van der Waals surface area (Å²) in [6, 6.07) is 0. The summed E-state index contributed by atoms with van der Waals surface area (Å²) in [6.45, 7) is 2.71. The molecule has 1 N–H and O–H groups in total. The molecule has 0 saturated heterocycles. The Morgan fingerprint density at radius 2 is 2.20 bits per heavy atom. The number of hydrogen-bond acceptors (Lipinski definition) is 1. The molecule has 0 spiro atoms. The molecule has 0 heterocycles. The molecule has 0 aromatic heterocycles. The van der Waals surface area contributed by atoms with E-state index in [-0.39, 0.29) is 5.91 Å². The van der Waals surface area contributed by atoms with Crippen LogP contribution in [0, 0.1) is 0 Å². The van der Waals surface area contributed by atoms with Gasteiger partial charge in [0.1, 0.15) is 0 Å². The highest BCUT2D eigenvalue weighted by molar-refractivity contribution is 14.1. The van der Waals surface area contributed by atoms with Gasteiger partial charge in [-0.15, -0.1) is 0 Å². The number of carbonyl (C=O) groups excluding carboxylic acids is 1. The Kier molecular flexibility index (Phi) is 7.45. The van der Waals surface area contributed by atoms with Crippen LogP contribution in [0.1, 0.15) is 26.2 Å². The second-order valence-electron chi connectivity index (χ2n) is 2.10. The van der Waals surface area contributed by atoms with Gasteiger partial charge in [-0.25, -0.2) is 0 Å². The minimum atomic E-state index is 0.161. The van der Waals surface area contributed by atoms with Crippen LogP contribution in [-0.4, -0.2) is 16.9 Å². The van der Waals surface area contributed by atoms with Crippen molar-refractivity contribution in [2.24, 2.45) is 0 Å².